The maximum Gasteiger partial charge on any atom is 0.123 e. The topological polar surface area (TPSA) is 40.5 Å². The Hall–Kier alpha value is -0.580. The summed E-state index contributed by atoms with van der Waals surface area (Å²) in [5, 5.41) is 18.4. The fourth-order valence-corrected chi connectivity index (χ4v) is 2.10. The van der Waals surface area contributed by atoms with Crippen molar-refractivity contribution in [1.29, 1.82) is 0 Å². The third-order valence-corrected chi connectivity index (χ3v) is 3.31. The molecule has 0 aliphatic rings. The molecule has 0 aromatic heterocycles. The van der Waals surface area contributed by atoms with Crippen molar-refractivity contribution < 1.29 is 14.6 Å². The standard InChI is InChI=1S/C12H17FO2S/c13-11-5-3-10(4-6-11)12(15)2-1-8-16-9-7-14/h3-6,12,14-15H,1-2,7-9H2/t12-/m0/s1. The summed E-state index contributed by atoms with van der Waals surface area (Å²) in [5.74, 6) is 1.39. The lowest BCUT2D eigenvalue weighted by Crippen LogP contribution is -1.98. The van der Waals surface area contributed by atoms with Gasteiger partial charge in [0.25, 0.3) is 0 Å². The Balaban J connectivity index is 2.24. The van der Waals surface area contributed by atoms with Crippen molar-refractivity contribution in [3.63, 3.8) is 0 Å². The summed E-state index contributed by atoms with van der Waals surface area (Å²) in [6, 6.07) is 5.94. The molecule has 0 unspecified atom stereocenters. The highest BCUT2D eigenvalue weighted by atomic mass is 32.2. The van der Waals surface area contributed by atoms with Crippen LogP contribution in [0.2, 0.25) is 0 Å². The second-order valence-corrected chi connectivity index (χ2v) is 4.77. The van der Waals surface area contributed by atoms with Gasteiger partial charge in [0, 0.05) is 5.75 Å². The summed E-state index contributed by atoms with van der Waals surface area (Å²) in [7, 11) is 0. The van der Waals surface area contributed by atoms with E-state index in [4.69, 9.17) is 5.11 Å². The van der Waals surface area contributed by atoms with E-state index in [0.29, 0.717) is 6.42 Å². The van der Waals surface area contributed by atoms with E-state index in [1.165, 1.54) is 12.1 Å². The van der Waals surface area contributed by atoms with Gasteiger partial charge in [-0.2, -0.15) is 11.8 Å². The predicted octanol–water partition coefficient (Wildman–Crippen LogP) is 2.36. The SMILES string of the molecule is OCCSCCC[C@H](O)c1ccc(F)cc1. The van der Waals surface area contributed by atoms with Crippen molar-refractivity contribution >= 4 is 11.8 Å². The number of aliphatic hydroxyl groups excluding tert-OH is 2. The second kappa shape index (κ2) is 7.65. The van der Waals surface area contributed by atoms with E-state index in [-0.39, 0.29) is 12.4 Å². The Morgan fingerprint density at radius 2 is 1.88 bits per heavy atom. The quantitative estimate of drug-likeness (QED) is 0.723. The van der Waals surface area contributed by atoms with E-state index in [1.807, 2.05) is 0 Å². The summed E-state index contributed by atoms with van der Waals surface area (Å²) in [6.45, 7) is 0.200. The van der Waals surface area contributed by atoms with Crippen LogP contribution in [0.1, 0.15) is 24.5 Å². The van der Waals surface area contributed by atoms with Crippen LogP contribution in [0.4, 0.5) is 4.39 Å². The molecule has 90 valence electrons. The molecule has 0 fully saturated rings. The van der Waals surface area contributed by atoms with Crippen LogP contribution < -0.4 is 0 Å². The molecule has 1 atom stereocenters. The molecule has 0 amide bonds. The minimum atomic E-state index is -0.518. The third kappa shape index (κ3) is 4.96. The monoisotopic (exact) mass is 244 g/mol. The Bertz CT molecular complexity index is 290. The average molecular weight is 244 g/mol. The molecular formula is C12H17FO2S. The van der Waals surface area contributed by atoms with Crippen molar-refractivity contribution in [2.24, 2.45) is 0 Å². The van der Waals surface area contributed by atoms with Gasteiger partial charge >= 0.3 is 0 Å². The van der Waals surface area contributed by atoms with E-state index in [1.54, 1.807) is 23.9 Å². The number of hydrogen-bond acceptors (Lipinski definition) is 3. The van der Waals surface area contributed by atoms with Gasteiger partial charge in [-0.15, -0.1) is 0 Å². The fourth-order valence-electron chi connectivity index (χ4n) is 1.40. The molecule has 16 heavy (non-hydrogen) atoms. The first-order chi connectivity index (χ1) is 7.74. The van der Waals surface area contributed by atoms with E-state index in [9.17, 15) is 9.50 Å². The predicted molar refractivity (Wildman–Crippen MR) is 65.0 cm³/mol. The first-order valence-electron chi connectivity index (χ1n) is 5.36. The number of hydrogen-bond donors (Lipinski definition) is 2. The zero-order valence-corrected chi connectivity index (χ0v) is 9.92. The van der Waals surface area contributed by atoms with Gasteiger partial charge in [0.15, 0.2) is 0 Å². The lowest BCUT2D eigenvalue weighted by atomic mass is 10.1. The van der Waals surface area contributed by atoms with Gasteiger partial charge in [-0.1, -0.05) is 12.1 Å². The molecule has 0 radical (unpaired) electrons. The average Bonchev–Trinajstić information content (AvgIpc) is 2.29. The molecule has 0 saturated carbocycles. The van der Waals surface area contributed by atoms with Crippen molar-refractivity contribution in [3.8, 4) is 0 Å². The first kappa shape index (κ1) is 13.5. The number of aliphatic hydroxyl groups is 2. The molecule has 0 saturated heterocycles. The second-order valence-electron chi connectivity index (χ2n) is 3.55. The van der Waals surface area contributed by atoms with Gasteiger partial charge in [0.1, 0.15) is 5.82 Å². The van der Waals surface area contributed by atoms with Crippen LogP contribution >= 0.6 is 11.8 Å². The van der Waals surface area contributed by atoms with Crippen LogP contribution in [0.5, 0.6) is 0 Å². The molecule has 0 heterocycles. The highest BCUT2D eigenvalue weighted by Gasteiger charge is 2.06. The number of thioether (sulfide) groups is 1. The van der Waals surface area contributed by atoms with Gasteiger partial charge < -0.3 is 10.2 Å². The first-order valence-corrected chi connectivity index (χ1v) is 6.51. The third-order valence-electron chi connectivity index (χ3n) is 2.26. The van der Waals surface area contributed by atoms with E-state index >= 15 is 0 Å². The molecule has 0 aliphatic carbocycles. The minimum absolute atomic E-state index is 0.200. The van der Waals surface area contributed by atoms with Crippen LogP contribution in [0, 0.1) is 5.82 Å². The Labute approximate surface area is 99.5 Å². The highest BCUT2D eigenvalue weighted by Crippen LogP contribution is 2.19. The maximum atomic E-state index is 12.6. The Kier molecular flexibility index (Phi) is 6.45. The highest BCUT2D eigenvalue weighted by molar-refractivity contribution is 7.99. The van der Waals surface area contributed by atoms with Crippen molar-refractivity contribution in [2.45, 2.75) is 18.9 Å². The fraction of sp³-hybridized carbons (Fsp3) is 0.500. The molecule has 2 N–H and O–H groups in total. The molecule has 0 spiro atoms. The molecule has 4 heteroatoms. The smallest absolute Gasteiger partial charge is 0.123 e. The van der Waals surface area contributed by atoms with Crippen LogP contribution in [-0.4, -0.2) is 28.3 Å². The van der Waals surface area contributed by atoms with E-state index in [2.05, 4.69) is 0 Å². The number of benzene rings is 1. The summed E-state index contributed by atoms with van der Waals surface area (Å²) >= 11 is 1.67. The van der Waals surface area contributed by atoms with Crippen LogP contribution in [-0.2, 0) is 0 Å². The summed E-state index contributed by atoms with van der Waals surface area (Å²) in [4.78, 5) is 0. The summed E-state index contributed by atoms with van der Waals surface area (Å²) < 4.78 is 12.6. The van der Waals surface area contributed by atoms with Crippen molar-refractivity contribution in [1.82, 2.24) is 0 Å². The lowest BCUT2D eigenvalue weighted by Gasteiger charge is -2.10. The van der Waals surface area contributed by atoms with Gasteiger partial charge in [-0.05, 0) is 36.3 Å². The largest absolute Gasteiger partial charge is 0.396 e. The molecule has 0 bridgehead atoms. The zero-order valence-electron chi connectivity index (χ0n) is 9.10. The maximum absolute atomic E-state index is 12.6. The van der Waals surface area contributed by atoms with Crippen LogP contribution in [0.25, 0.3) is 0 Å². The van der Waals surface area contributed by atoms with Gasteiger partial charge in [-0.25, -0.2) is 4.39 Å². The minimum Gasteiger partial charge on any atom is -0.396 e. The van der Waals surface area contributed by atoms with Crippen molar-refractivity contribution in [3.05, 3.63) is 35.6 Å². The number of rotatable bonds is 7. The molecule has 1 rings (SSSR count). The molecule has 0 aliphatic heterocycles. The summed E-state index contributed by atoms with van der Waals surface area (Å²) in [6.07, 6.45) is 1.04. The lowest BCUT2D eigenvalue weighted by molar-refractivity contribution is 0.167. The molecular weight excluding hydrogens is 227 g/mol. The Morgan fingerprint density at radius 3 is 2.50 bits per heavy atom. The normalized spacial score (nSPS) is 12.7. The van der Waals surface area contributed by atoms with E-state index < -0.39 is 6.10 Å². The van der Waals surface area contributed by atoms with Gasteiger partial charge in [0.2, 0.25) is 0 Å². The van der Waals surface area contributed by atoms with E-state index in [0.717, 1.165) is 23.5 Å². The van der Waals surface area contributed by atoms with Crippen LogP contribution in [0.15, 0.2) is 24.3 Å². The van der Waals surface area contributed by atoms with Gasteiger partial charge in [0.05, 0.1) is 12.7 Å². The van der Waals surface area contributed by atoms with Gasteiger partial charge in [-0.3, -0.25) is 0 Å². The zero-order chi connectivity index (χ0) is 11.8. The van der Waals surface area contributed by atoms with Crippen LogP contribution in [0.3, 0.4) is 0 Å². The van der Waals surface area contributed by atoms with Crippen molar-refractivity contribution in [2.75, 3.05) is 18.1 Å². The number of halogens is 1. The molecule has 1 aromatic carbocycles. The molecule has 1 aromatic rings. The Morgan fingerprint density at radius 1 is 1.19 bits per heavy atom. The molecule has 2 nitrogen and oxygen atoms in total. The summed E-state index contributed by atoms with van der Waals surface area (Å²) in [5.41, 5.74) is 0.758.